The number of benzene rings is 2. The predicted octanol–water partition coefficient (Wildman–Crippen LogP) is 4.64. The number of aryl methyl sites for hydroxylation is 2. The molecule has 2 aromatic heterocycles. The number of hydrogen-bond acceptors (Lipinski definition) is 6. The maximum atomic E-state index is 12.9. The number of nitrogens with zero attached hydrogens (tertiary/aromatic N) is 3. The Morgan fingerprint density at radius 1 is 1.05 bits per heavy atom. The SMILES string of the molecule is COc1cccc(-c2cn(C3CCN(c4ccc(C(=O)c5cc(C)c(O)c(C)c5)cn4)CC3)c(=O)[nH]2)c1. The molecule has 1 aliphatic heterocycles. The smallest absolute Gasteiger partial charge is 0.326 e. The Morgan fingerprint density at radius 3 is 2.43 bits per heavy atom. The molecule has 0 unspecified atom stereocenters. The third kappa shape index (κ3) is 4.87. The van der Waals surface area contributed by atoms with E-state index in [-0.39, 0.29) is 23.3 Å². The number of pyridine rings is 1. The highest BCUT2D eigenvalue weighted by atomic mass is 16.5. The lowest BCUT2D eigenvalue weighted by Crippen LogP contribution is -2.37. The standard InChI is InChI=1S/C29H30N4O4/c1-18-13-22(14-19(2)27(18)34)28(35)21-7-8-26(30-16-21)32-11-9-23(10-12-32)33-17-25(31-29(33)36)20-5-4-6-24(15-20)37-3/h4-8,13-17,23,34H,9-12H2,1-3H3,(H,31,36). The summed E-state index contributed by atoms with van der Waals surface area (Å²) in [6, 6.07) is 14.8. The van der Waals surface area contributed by atoms with Crippen LogP contribution < -0.4 is 15.3 Å². The number of hydrogen-bond donors (Lipinski definition) is 2. The van der Waals surface area contributed by atoms with Gasteiger partial charge >= 0.3 is 5.69 Å². The summed E-state index contributed by atoms with van der Waals surface area (Å²) in [6.45, 7) is 5.08. The van der Waals surface area contributed by atoms with E-state index in [0.29, 0.717) is 22.3 Å². The average molecular weight is 499 g/mol. The molecule has 0 bridgehead atoms. The Balaban J connectivity index is 1.25. The summed E-state index contributed by atoms with van der Waals surface area (Å²) in [7, 11) is 1.62. The second-order valence-corrected chi connectivity index (χ2v) is 9.52. The van der Waals surface area contributed by atoms with Crippen molar-refractivity contribution in [1.29, 1.82) is 0 Å². The number of piperidine rings is 1. The van der Waals surface area contributed by atoms with Crippen molar-refractivity contribution in [2.24, 2.45) is 0 Å². The van der Waals surface area contributed by atoms with Gasteiger partial charge in [0, 0.05) is 48.2 Å². The van der Waals surface area contributed by atoms with Crippen molar-refractivity contribution < 1.29 is 14.6 Å². The lowest BCUT2D eigenvalue weighted by Gasteiger charge is -2.33. The van der Waals surface area contributed by atoms with Crippen molar-refractivity contribution in [2.75, 3.05) is 25.1 Å². The zero-order valence-corrected chi connectivity index (χ0v) is 21.2. The van der Waals surface area contributed by atoms with Gasteiger partial charge in [0.05, 0.1) is 12.8 Å². The van der Waals surface area contributed by atoms with Crippen molar-refractivity contribution in [3.63, 3.8) is 0 Å². The van der Waals surface area contributed by atoms with Crippen LogP contribution in [0, 0.1) is 13.8 Å². The number of aromatic amines is 1. The van der Waals surface area contributed by atoms with Crippen molar-refractivity contribution in [3.8, 4) is 22.8 Å². The molecule has 0 atom stereocenters. The molecule has 190 valence electrons. The third-order valence-electron chi connectivity index (χ3n) is 7.07. The first-order valence-electron chi connectivity index (χ1n) is 12.4. The minimum absolute atomic E-state index is 0.0983. The predicted molar refractivity (Wildman–Crippen MR) is 143 cm³/mol. The molecular weight excluding hydrogens is 468 g/mol. The summed E-state index contributed by atoms with van der Waals surface area (Å²) in [6.07, 6.45) is 5.12. The van der Waals surface area contributed by atoms with Gasteiger partial charge < -0.3 is 19.7 Å². The first-order valence-corrected chi connectivity index (χ1v) is 12.4. The van der Waals surface area contributed by atoms with Gasteiger partial charge in [-0.15, -0.1) is 0 Å². The Hall–Kier alpha value is -4.33. The van der Waals surface area contributed by atoms with E-state index >= 15 is 0 Å². The first-order chi connectivity index (χ1) is 17.8. The van der Waals surface area contributed by atoms with Gasteiger partial charge in [-0.2, -0.15) is 0 Å². The van der Waals surface area contributed by atoms with Crippen molar-refractivity contribution in [3.05, 3.63) is 93.7 Å². The maximum absolute atomic E-state index is 12.9. The Labute approximate surface area is 215 Å². The van der Waals surface area contributed by atoms with E-state index in [2.05, 4.69) is 14.9 Å². The zero-order chi connectivity index (χ0) is 26.1. The van der Waals surface area contributed by atoms with Gasteiger partial charge in [0.1, 0.15) is 17.3 Å². The topological polar surface area (TPSA) is 100 Å². The largest absolute Gasteiger partial charge is 0.507 e. The molecule has 2 N–H and O–H groups in total. The molecule has 3 heterocycles. The fourth-order valence-electron chi connectivity index (χ4n) is 4.95. The fraction of sp³-hybridized carbons (Fsp3) is 0.276. The summed E-state index contributed by atoms with van der Waals surface area (Å²) < 4.78 is 7.10. The molecule has 4 aromatic rings. The van der Waals surface area contributed by atoms with E-state index in [1.807, 2.05) is 36.5 Å². The number of methoxy groups -OCH3 is 1. The van der Waals surface area contributed by atoms with Crippen LogP contribution in [0.5, 0.6) is 11.5 Å². The number of phenolic OH excluding ortho intramolecular Hbond substituents is 1. The van der Waals surface area contributed by atoms with Gasteiger partial charge in [-0.25, -0.2) is 9.78 Å². The second kappa shape index (κ2) is 9.97. The lowest BCUT2D eigenvalue weighted by molar-refractivity contribution is 0.103. The maximum Gasteiger partial charge on any atom is 0.326 e. The van der Waals surface area contributed by atoms with Crippen LogP contribution in [-0.4, -0.2) is 45.6 Å². The Morgan fingerprint density at radius 2 is 1.78 bits per heavy atom. The van der Waals surface area contributed by atoms with Crippen LogP contribution >= 0.6 is 0 Å². The minimum atomic E-state index is -0.123. The highest BCUT2D eigenvalue weighted by Crippen LogP contribution is 2.28. The molecule has 0 radical (unpaired) electrons. The van der Waals surface area contributed by atoms with Crippen molar-refractivity contribution in [1.82, 2.24) is 14.5 Å². The van der Waals surface area contributed by atoms with Gasteiger partial charge in [-0.1, -0.05) is 12.1 Å². The first kappa shape index (κ1) is 24.4. The molecule has 0 saturated carbocycles. The molecule has 2 aromatic carbocycles. The number of aromatic hydroxyl groups is 1. The average Bonchev–Trinajstić information content (AvgIpc) is 3.32. The van der Waals surface area contributed by atoms with Crippen LogP contribution in [0.1, 0.15) is 45.9 Å². The van der Waals surface area contributed by atoms with Crippen LogP contribution in [0.15, 0.2) is 65.7 Å². The highest BCUT2D eigenvalue weighted by Gasteiger charge is 2.24. The number of carbonyl (C=O) groups excluding carboxylic acids is 1. The molecule has 0 aliphatic carbocycles. The molecule has 1 saturated heterocycles. The molecule has 5 rings (SSSR count). The van der Waals surface area contributed by atoms with Crippen molar-refractivity contribution in [2.45, 2.75) is 32.7 Å². The molecule has 37 heavy (non-hydrogen) atoms. The molecular formula is C29H30N4O4. The molecule has 1 fully saturated rings. The van der Waals surface area contributed by atoms with Gasteiger partial charge in [0.2, 0.25) is 0 Å². The Kier molecular flexibility index (Phi) is 6.56. The number of ketones is 1. The second-order valence-electron chi connectivity index (χ2n) is 9.52. The minimum Gasteiger partial charge on any atom is -0.507 e. The van der Waals surface area contributed by atoms with Crippen molar-refractivity contribution >= 4 is 11.6 Å². The number of carbonyl (C=O) groups is 1. The summed E-state index contributed by atoms with van der Waals surface area (Å²) in [5.41, 5.74) is 3.95. The summed E-state index contributed by atoms with van der Waals surface area (Å²) in [4.78, 5) is 35.4. The number of ether oxygens (including phenoxy) is 1. The van der Waals surface area contributed by atoms with E-state index in [0.717, 1.165) is 48.8 Å². The number of rotatable bonds is 6. The highest BCUT2D eigenvalue weighted by molar-refractivity contribution is 6.09. The van der Waals surface area contributed by atoms with Crippen LogP contribution in [0.3, 0.4) is 0 Å². The number of aromatic nitrogens is 3. The molecule has 1 aliphatic rings. The van der Waals surface area contributed by atoms with Crippen LogP contribution in [-0.2, 0) is 0 Å². The van der Waals surface area contributed by atoms with E-state index in [9.17, 15) is 14.7 Å². The lowest BCUT2D eigenvalue weighted by atomic mass is 9.99. The number of H-pyrrole nitrogens is 1. The molecule has 8 nitrogen and oxygen atoms in total. The normalized spacial score (nSPS) is 14.1. The monoisotopic (exact) mass is 498 g/mol. The quantitative estimate of drug-likeness (QED) is 0.376. The summed E-state index contributed by atoms with van der Waals surface area (Å²) in [5.74, 6) is 1.65. The number of phenols is 1. The van der Waals surface area contributed by atoms with E-state index in [4.69, 9.17) is 4.74 Å². The van der Waals surface area contributed by atoms with E-state index in [1.165, 1.54) is 0 Å². The van der Waals surface area contributed by atoms with Crippen LogP contribution in [0.25, 0.3) is 11.3 Å². The van der Waals surface area contributed by atoms with E-state index in [1.54, 1.807) is 49.9 Å². The van der Waals surface area contributed by atoms with Gasteiger partial charge in [-0.3, -0.25) is 9.36 Å². The molecule has 0 spiro atoms. The van der Waals surface area contributed by atoms with E-state index < -0.39 is 0 Å². The number of imidazole rings is 1. The summed E-state index contributed by atoms with van der Waals surface area (Å²) in [5, 5.41) is 9.99. The number of nitrogens with one attached hydrogen (secondary N) is 1. The molecule has 8 heteroatoms. The fourth-order valence-corrected chi connectivity index (χ4v) is 4.95. The van der Waals surface area contributed by atoms with Crippen LogP contribution in [0.4, 0.5) is 5.82 Å². The number of anilines is 1. The summed E-state index contributed by atoms with van der Waals surface area (Å²) >= 11 is 0. The van der Waals surface area contributed by atoms with Crippen LogP contribution in [0.2, 0.25) is 0 Å². The third-order valence-corrected chi connectivity index (χ3v) is 7.07. The molecule has 0 amide bonds. The zero-order valence-electron chi connectivity index (χ0n) is 21.2. The Bertz CT molecular complexity index is 1470. The van der Waals surface area contributed by atoms with Gasteiger partial charge in [-0.05, 0) is 74.2 Å². The van der Waals surface area contributed by atoms with Gasteiger partial charge in [0.15, 0.2) is 5.78 Å². The van der Waals surface area contributed by atoms with Gasteiger partial charge in [0.25, 0.3) is 0 Å².